The number of halogens is 1. The van der Waals surface area contributed by atoms with Crippen molar-refractivity contribution < 1.29 is 9.18 Å². The fraction of sp³-hybridized carbons (Fsp3) is 0.474. The summed E-state index contributed by atoms with van der Waals surface area (Å²) in [4.78, 5) is 16.8. The molecule has 0 spiro atoms. The maximum atomic E-state index is 13.2. The quantitative estimate of drug-likeness (QED) is 0.872. The molecule has 6 heteroatoms. The van der Waals surface area contributed by atoms with Gasteiger partial charge in [-0.15, -0.1) is 0 Å². The van der Waals surface area contributed by atoms with Crippen molar-refractivity contribution in [1.29, 1.82) is 0 Å². The van der Waals surface area contributed by atoms with E-state index in [0.717, 1.165) is 48.8 Å². The molecule has 1 atom stereocenters. The third-order valence-corrected chi connectivity index (χ3v) is 5.51. The molecule has 0 bridgehead atoms. The highest BCUT2D eigenvalue weighted by Crippen LogP contribution is 2.32. The summed E-state index contributed by atoms with van der Waals surface area (Å²) in [5.41, 5.74) is 1.90. The number of rotatable bonds is 5. The number of carbonyl (C=O) groups excluding carboxylic acids is 1. The number of aromatic nitrogens is 2. The van der Waals surface area contributed by atoms with Crippen molar-refractivity contribution in [2.24, 2.45) is 5.92 Å². The zero-order chi connectivity index (χ0) is 17.8. The van der Waals surface area contributed by atoms with Crippen LogP contribution in [-0.4, -0.2) is 27.3 Å². The topological polar surface area (TPSA) is 46.9 Å². The van der Waals surface area contributed by atoms with Gasteiger partial charge in [-0.3, -0.25) is 4.79 Å². The van der Waals surface area contributed by atoms with E-state index in [-0.39, 0.29) is 17.0 Å². The van der Waals surface area contributed by atoms with Gasteiger partial charge in [-0.2, -0.15) is 0 Å². The number of hydrogen-bond donors (Lipinski definition) is 1. The molecule has 4 nitrogen and oxygen atoms in total. The van der Waals surface area contributed by atoms with Crippen LogP contribution in [0.2, 0.25) is 0 Å². The van der Waals surface area contributed by atoms with Crippen molar-refractivity contribution in [3.8, 4) is 11.3 Å². The standard InChI is InChI=1S/C19H24FN3OS/c1-13(2)12-23-16(14-6-8-15(20)9-7-14)11-22-19(23)25-17-5-3-4-10-21-18(17)24/h6-9,11,13,17H,3-5,10,12H2,1-2H3,(H,21,24). The second-order valence-electron chi connectivity index (χ2n) is 6.83. The molecule has 1 saturated heterocycles. The minimum Gasteiger partial charge on any atom is -0.355 e. The molecular formula is C19H24FN3OS. The Balaban J connectivity index is 1.90. The first-order valence-electron chi connectivity index (χ1n) is 8.80. The smallest absolute Gasteiger partial charge is 0.233 e. The highest BCUT2D eigenvalue weighted by molar-refractivity contribution is 8.00. The number of carbonyl (C=O) groups is 1. The molecule has 134 valence electrons. The van der Waals surface area contributed by atoms with Crippen molar-refractivity contribution in [1.82, 2.24) is 14.9 Å². The highest BCUT2D eigenvalue weighted by Gasteiger charge is 2.25. The van der Waals surface area contributed by atoms with Gasteiger partial charge >= 0.3 is 0 Å². The van der Waals surface area contributed by atoms with Crippen LogP contribution in [0.4, 0.5) is 4.39 Å². The molecule has 2 aromatic rings. The van der Waals surface area contributed by atoms with Crippen LogP contribution in [0.5, 0.6) is 0 Å². The van der Waals surface area contributed by atoms with Gasteiger partial charge in [0.05, 0.1) is 17.1 Å². The Morgan fingerprint density at radius 3 is 2.80 bits per heavy atom. The van der Waals surface area contributed by atoms with E-state index in [2.05, 4.69) is 28.7 Å². The summed E-state index contributed by atoms with van der Waals surface area (Å²) >= 11 is 1.54. The van der Waals surface area contributed by atoms with Crippen LogP contribution in [0.3, 0.4) is 0 Å². The number of imidazole rings is 1. The minimum absolute atomic E-state index is 0.100. The molecule has 1 aromatic heterocycles. The van der Waals surface area contributed by atoms with Crippen molar-refractivity contribution >= 4 is 17.7 Å². The average molecular weight is 361 g/mol. The number of thioether (sulfide) groups is 1. The Hall–Kier alpha value is -1.82. The lowest BCUT2D eigenvalue weighted by atomic mass is 10.1. The van der Waals surface area contributed by atoms with E-state index in [4.69, 9.17) is 0 Å². The first kappa shape index (κ1) is 18.0. The first-order chi connectivity index (χ1) is 12.0. The lowest BCUT2D eigenvalue weighted by Gasteiger charge is -2.17. The minimum atomic E-state index is -0.247. The maximum absolute atomic E-state index is 13.2. The second kappa shape index (κ2) is 8.04. The fourth-order valence-corrected chi connectivity index (χ4v) is 4.14. The number of benzene rings is 1. The third kappa shape index (κ3) is 4.42. The van der Waals surface area contributed by atoms with Crippen LogP contribution in [0.15, 0.2) is 35.6 Å². The monoisotopic (exact) mass is 361 g/mol. The summed E-state index contributed by atoms with van der Waals surface area (Å²) in [5, 5.41) is 3.74. The summed E-state index contributed by atoms with van der Waals surface area (Å²) in [6.45, 7) is 5.88. The molecular weight excluding hydrogens is 337 g/mol. The van der Waals surface area contributed by atoms with Gasteiger partial charge < -0.3 is 9.88 Å². The van der Waals surface area contributed by atoms with Crippen LogP contribution in [0.25, 0.3) is 11.3 Å². The van der Waals surface area contributed by atoms with Gasteiger partial charge in [0.1, 0.15) is 5.82 Å². The van der Waals surface area contributed by atoms with Crippen molar-refractivity contribution in [2.45, 2.75) is 50.1 Å². The molecule has 25 heavy (non-hydrogen) atoms. The lowest BCUT2D eigenvalue weighted by Crippen LogP contribution is -2.30. The molecule has 0 saturated carbocycles. The number of amides is 1. The van der Waals surface area contributed by atoms with Crippen LogP contribution in [0, 0.1) is 11.7 Å². The summed E-state index contributed by atoms with van der Waals surface area (Å²) in [6, 6.07) is 6.48. The van der Waals surface area contributed by atoms with E-state index in [1.165, 1.54) is 23.9 Å². The first-order valence-corrected chi connectivity index (χ1v) is 9.68. The Kier molecular flexibility index (Phi) is 5.78. The number of hydrogen-bond acceptors (Lipinski definition) is 3. The van der Waals surface area contributed by atoms with E-state index in [9.17, 15) is 9.18 Å². The summed E-state index contributed by atoms with van der Waals surface area (Å²) in [6.07, 6.45) is 4.78. The molecule has 1 N–H and O–H groups in total. The lowest BCUT2D eigenvalue weighted by molar-refractivity contribution is -0.120. The molecule has 1 fully saturated rings. The molecule has 1 aromatic carbocycles. The van der Waals surface area contributed by atoms with Gasteiger partial charge in [-0.05, 0) is 48.6 Å². The van der Waals surface area contributed by atoms with E-state index in [1.807, 2.05) is 6.20 Å². The van der Waals surface area contributed by atoms with Crippen molar-refractivity contribution in [2.75, 3.05) is 6.54 Å². The Morgan fingerprint density at radius 1 is 1.32 bits per heavy atom. The van der Waals surface area contributed by atoms with Gasteiger partial charge in [0.25, 0.3) is 0 Å². The number of nitrogens with zero attached hydrogens (tertiary/aromatic N) is 2. The predicted octanol–water partition coefficient (Wildman–Crippen LogP) is 4.11. The molecule has 1 aliphatic rings. The largest absolute Gasteiger partial charge is 0.355 e. The third-order valence-electron chi connectivity index (χ3n) is 4.24. The van der Waals surface area contributed by atoms with E-state index < -0.39 is 0 Å². The van der Waals surface area contributed by atoms with Crippen molar-refractivity contribution in [3.63, 3.8) is 0 Å². The van der Waals surface area contributed by atoms with Gasteiger partial charge in [-0.1, -0.05) is 32.0 Å². The van der Waals surface area contributed by atoms with Gasteiger partial charge in [0.15, 0.2) is 5.16 Å². The molecule has 2 heterocycles. The molecule has 0 aliphatic carbocycles. The Labute approximate surface area is 152 Å². The van der Waals surface area contributed by atoms with E-state index >= 15 is 0 Å². The molecule has 1 unspecified atom stereocenters. The normalized spacial score (nSPS) is 18.2. The van der Waals surface area contributed by atoms with E-state index in [0.29, 0.717) is 5.92 Å². The fourth-order valence-electron chi connectivity index (χ4n) is 3.00. The Bertz CT molecular complexity index is 727. The summed E-state index contributed by atoms with van der Waals surface area (Å²) in [7, 11) is 0. The van der Waals surface area contributed by atoms with Crippen LogP contribution in [0.1, 0.15) is 33.1 Å². The van der Waals surface area contributed by atoms with Gasteiger partial charge in [0.2, 0.25) is 5.91 Å². The summed E-state index contributed by atoms with van der Waals surface area (Å²) in [5.74, 6) is 0.295. The predicted molar refractivity (Wildman–Crippen MR) is 99.0 cm³/mol. The summed E-state index contributed by atoms with van der Waals surface area (Å²) < 4.78 is 15.4. The average Bonchev–Trinajstić information content (AvgIpc) is 2.83. The number of nitrogens with one attached hydrogen (secondary N) is 1. The van der Waals surface area contributed by atoms with Crippen LogP contribution < -0.4 is 5.32 Å². The second-order valence-corrected chi connectivity index (χ2v) is 8.00. The Morgan fingerprint density at radius 2 is 2.08 bits per heavy atom. The molecule has 0 radical (unpaired) electrons. The molecule has 3 rings (SSSR count). The zero-order valence-corrected chi connectivity index (χ0v) is 15.5. The molecule has 1 aliphatic heterocycles. The SMILES string of the molecule is CC(C)Cn1c(-c2ccc(F)cc2)cnc1SC1CCCCNC1=O. The van der Waals surface area contributed by atoms with Crippen LogP contribution >= 0.6 is 11.8 Å². The highest BCUT2D eigenvalue weighted by atomic mass is 32.2. The zero-order valence-electron chi connectivity index (χ0n) is 14.7. The molecule has 1 amide bonds. The maximum Gasteiger partial charge on any atom is 0.233 e. The van der Waals surface area contributed by atoms with Crippen molar-refractivity contribution in [3.05, 3.63) is 36.3 Å². The van der Waals surface area contributed by atoms with E-state index in [1.54, 1.807) is 12.1 Å². The van der Waals surface area contributed by atoms with Gasteiger partial charge in [-0.25, -0.2) is 9.37 Å². The van der Waals surface area contributed by atoms with Crippen LogP contribution in [-0.2, 0) is 11.3 Å². The van der Waals surface area contributed by atoms with Gasteiger partial charge in [0, 0.05) is 13.1 Å².